The molecule has 1 heterocycles. The van der Waals surface area contributed by atoms with Gasteiger partial charge >= 0.3 is 0 Å². The minimum absolute atomic E-state index is 0.0447. The Morgan fingerprint density at radius 2 is 2.00 bits per heavy atom. The van der Waals surface area contributed by atoms with E-state index in [-0.39, 0.29) is 30.2 Å². The number of carbonyl (C=O) groups is 2. The fourth-order valence-corrected chi connectivity index (χ4v) is 3.37. The van der Waals surface area contributed by atoms with Crippen LogP contribution in [0.25, 0.3) is 0 Å². The topological polar surface area (TPSA) is 70.7 Å². The smallest absolute Gasteiger partial charge is 0.239 e. The van der Waals surface area contributed by atoms with E-state index in [0.717, 1.165) is 11.3 Å². The molecule has 0 radical (unpaired) electrons. The maximum Gasteiger partial charge on any atom is 0.239 e. The predicted octanol–water partition coefficient (Wildman–Crippen LogP) is 2.94. The van der Waals surface area contributed by atoms with Gasteiger partial charge in [0, 0.05) is 31.2 Å². The Balaban J connectivity index is 1.48. The summed E-state index contributed by atoms with van der Waals surface area (Å²) in [5, 5.41) is 5.96. The van der Waals surface area contributed by atoms with E-state index in [0.29, 0.717) is 38.0 Å². The second-order valence-corrected chi connectivity index (χ2v) is 7.12. The first kappa shape index (κ1) is 20.6. The lowest BCUT2D eigenvalue weighted by atomic mass is 10.1. The standard InChI is InChI=1S/C22H26FN3O3/c1-29-20-4-2-3-16(13-20)15-26-12-11-19(9-10-22(26)28)25-21(27)14-24-18-7-5-17(23)6-8-18/h2-8,13,19,24H,9-12,14-15H2,1H3,(H,25,27). The van der Waals surface area contributed by atoms with Crippen molar-refractivity contribution in [2.24, 2.45) is 0 Å². The van der Waals surface area contributed by atoms with Gasteiger partial charge in [-0.2, -0.15) is 0 Å². The number of halogens is 1. The van der Waals surface area contributed by atoms with Gasteiger partial charge in [-0.1, -0.05) is 12.1 Å². The third kappa shape index (κ3) is 6.20. The Morgan fingerprint density at radius 1 is 1.21 bits per heavy atom. The Bertz CT molecular complexity index is 841. The number of methoxy groups -OCH3 is 1. The molecule has 0 spiro atoms. The van der Waals surface area contributed by atoms with Gasteiger partial charge in [-0.05, 0) is 54.8 Å². The molecule has 0 saturated carbocycles. The first-order chi connectivity index (χ1) is 14.0. The van der Waals surface area contributed by atoms with Crippen LogP contribution in [0.15, 0.2) is 48.5 Å². The molecule has 29 heavy (non-hydrogen) atoms. The number of nitrogens with one attached hydrogen (secondary N) is 2. The molecule has 2 aromatic rings. The number of carbonyl (C=O) groups excluding carboxylic acids is 2. The van der Waals surface area contributed by atoms with Crippen LogP contribution in [0, 0.1) is 5.82 Å². The van der Waals surface area contributed by atoms with Crippen LogP contribution in [0.4, 0.5) is 10.1 Å². The third-order valence-corrected chi connectivity index (χ3v) is 4.98. The molecule has 0 aliphatic carbocycles. The number of hydrogen-bond donors (Lipinski definition) is 2. The van der Waals surface area contributed by atoms with Gasteiger partial charge in [0.05, 0.1) is 13.7 Å². The summed E-state index contributed by atoms with van der Waals surface area (Å²) in [5.41, 5.74) is 1.70. The largest absolute Gasteiger partial charge is 0.497 e. The molecule has 2 amide bonds. The predicted molar refractivity (Wildman–Crippen MR) is 109 cm³/mol. The Hall–Kier alpha value is -3.09. The summed E-state index contributed by atoms with van der Waals surface area (Å²) in [4.78, 5) is 26.5. The van der Waals surface area contributed by atoms with Crippen LogP contribution in [-0.4, -0.2) is 43.0 Å². The van der Waals surface area contributed by atoms with E-state index < -0.39 is 0 Å². The number of anilines is 1. The number of likely N-dealkylation sites (tertiary alicyclic amines) is 1. The van der Waals surface area contributed by atoms with Crippen molar-refractivity contribution in [3.05, 3.63) is 59.9 Å². The summed E-state index contributed by atoms with van der Waals surface area (Å²) in [6, 6.07) is 13.5. The van der Waals surface area contributed by atoms with E-state index in [1.54, 1.807) is 19.2 Å². The van der Waals surface area contributed by atoms with Gasteiger partial charge in [0.2, 0.25) is 11.8 Å². The van der Waals surface area contributed by atoms with Crippen LogP contribution in [-0.2, 0) is 16.1 Å². The lowest BCUT2D eigenvalue weighted by Crippen LogP contribution is -2.39. The Kier molecular flexibility index (Phi) is 7.05. The van der Waals surface area contributed by atoms with E-state index in [9.17, 15) is 14.0 Å². The number of hydrogen-bond acceptors (Lipinski definition) is 4. The Labute approximate surface area is 170 Å². The van der Waals surface area contributed by atoms with Crippen LogP contribution >= 0.6 is 0 Å². The van der Waals surface area contributed by atoms with Crippen LogP contribution in [0.3, 0.4) is 0 Å². The summed E-state index contributed by atoms with van der Waals surface area (Å²) >= 11 is 0. The van der Waals surface area contributed by atoms with E-state index >= 15 is 0 Å². The van der Waals surface area contributed by atoms with Gasteiger partial charge in [0.15, 0.2) is 0 Å². The van der Waals surface area contributed by atoms with Crippen molar-refractivity contribution >= 4 is 17.5 Å². The fourth-order valence-electron chi connectivity index (χ4n) is 3.37. The molecule has 7 heteroatoms. The molecule has 0 aromatic heterocycles. The van der Waals surface area contributed by atoms with Crippen molar-refractivity contribution in [2.75, 3.05) is 25.5 Å². The van der Waals surface area contributed by atoms with Gasteiger partial charge in [0.25, 0.3) is 0 Å². The van der Waals surface area contributed by atoms with Crippen molar-refractivity contribution in [2.45, 2.75) is 31.8 Å². The zero-order valence-electron chi connectivity index (χ0n) is 16.5. The molecular weight excluding hydrogens is 373 g/mol. The van der Waals surface area contributed by atoms with Crippen molar-refractivity contribution in [1.29, 1.82) is 0 Å². The SMILES string of the molecule is COc1cccc(CN2CCC(NC(=O)CNc3ccc(F)cc3)CCC2=O)c1. The zero-order chi connectivity index (χ0) is 20.6. The highest BCUT2D eigenvalue weighted by Crippen LogP contribution is 2.18. The van der Waals surface area contributed by atoms with Gasteiger partial charge in [0.1, 0.15) is 11.6 Å². The number of amides is 2. The third-order valence-electron chi connectivity index (χ3n) is 4.98. The van der Waals surface area contributed by atoms with Crippen LogP contribution in [0.5, 0.6) is 5.75 Å². The molecule has 2 N–H and O–H groups in total. The molecule has 6 nitrogen and oxygen atoms in total. The summed E-state index contributed by atoms with van der Waals surface area (Å²) in [7, 11) is 1.62. The van der Waals surface area contributed by atoms with Gasteiger partial charge < -0.3 is 20.3 Å². The molecule has 2 aromatic carbocycles. The molecule has 1 saturated heterocycles. The van der Waals surface area contributed by atoms with Crippen molar-refractivity contribution in [3.63, 3.8) is 0 Å². The number of nitrogens with zero attached hydrogens (tertiary/aromatic N) is 1. The summed E-state index contributed by atoms with van der Waals surface area (Å²) in [6.07, 6.45) is 1.73. The van der Waals surface area contributed by atoms with Gasteiger partial charge in [-0.15, -0.1) is 0 Å². The minimum Gasteiger partial charge on any atom is -0.497 e. The zero-order valence-corrected chi connectivity index (χ0v) is 16.5. The lowest BCUT2D eigenvalue weighted by molar-refractivity contribution is -0.131. The van der Waals surface area contributed by atoms with Crippen LogP contribution < -0.4 is 15.4 Å². The van der Waals surface area contributed by atoms with Gasteiger partial charge in [-0.3, -0.25) is 9.59 Å². The number of rotatable bonds is 7. The molecule has 1 atom stereocenters. The van der Waals surface area contributed by atoms with Gasteiger partial charge in [-0.25, -0.2) is 4.39 Å². The second kappa shape index (κ2) is 9.91. The first-order valence-electron chi connectivity index (χ1n) is 9.73. The molecule has 3 rings (SSSR count). The summed E-state index contributed by atoms with van der Waals surface area (Å²) < 4.78 is 18.2. The molecule has 154 valence electrons. The summed E-state index contributed by atoms with van der Waals surface area (Å²) in [6.45, 7) is 1.22. The first-order valence-corrected chi connectivity index (χ1v) is 9.73. The van der Waals surface area contributed by atoms with Crippen molar-refractivity contribution < 1.29 is 18.7 Å². The molecular formula is C22H26FN3O3. The maximum atomic E-state index is 12.9. The second-order valence-electron chi connectivity index (χ2n) is 7.12. The van der Waals surface area contributed by atoms with E-state index in [2.05, 4.69) is 10.6 Å². The number of benzene rings is 2. The highest BCUT2D eigenvalue weighted by molar-refractivity contribution is 5.81. The molecule has 1 fully saturated rings. The quantitative estimate of drug-likeness (QED) is 0.751. The molecule has 1 unspecified atom stereocenters. The van der Waals surface area contributed by atoms with E-state index in [1.807, 2.05) is 29.2 Å². The highest BCUT2D eigenvalue weighted by atomic mass is 19.1. The highest BCUT2D eigenvalue weighted by Gasteiger charge is 2.23. The van der Waals surface area contributed by atoms with E-state index in [1.165, 1.54) is 12.1 Å². The Morgan fingerprint density at radius 3 is 2.76 bits per heavy atom. The summed E-state index contributed by atoms with van der Waals surface area (Å²) in [5.74, 6) is 0.396. The molecule has 0 bridgehead atoms. The maximum absolute atomic E-state index is 12.9. The lowest BCUT2D eigenvalue weighted by Gasteiger charge is -2.21. The van der Waals surface area contributed by atoms with Crippen molar-refractivity contribution in [1.82, 2.24) is 10.2 Å². The number of ether oxygens (including phenoxy) is 1. The normalized spacial score (nSPS) is 16.8. The monoisotopic (exact) mass is 399 g/mol. The molecule has 1 aliphatic heterocycles. The fraction of sp³-hybridized carbons (Fsp3) is 0.364. The van der Waals surface area contributed by atoms with Crippen molar-refractivity contribution in [3.8, 4) is 5.75 Å². The van der Waals surface area contributed by atoms with Crippen LogP contribution in [0.2, 0.25) is 0 Å². The van der Waals surface area contributed by atoms with E-state index in [4.69, 9.17) is 4.74 Å². The van der Waals surface area contributed by atoms with Crippen LogP contribution in [0.1, 0.15) is 24.8 Å². The average molecular weight is 399 g/mol. The minimum atomic E-state index is -0.318. The average Bonchev–Trinajstić information content (AvgIpc) is 2.90. The molecule has 1 aliphatic rings.